The average molecular weight is 197 g/mol. The maximum Gasteiger partial charge on any atom is 0.115 e. The van der Waals surface area contributed by atoms with Gasteiger partial charge in [0.25, 0.3) is 0 Å². The van der Waals surface area contributed by atoms with Crippen LogP contribution in [0.3, 0.4) is 0 Å². The van der Waals surface area contributed by atoms with E-state index >= 15 is 0 Å². The van der Waals surface area contributed by atoms with Crippen LogP contribution in [0.4, 0.5) is 0 Å². The van der Waals surface area contributed by atoms with Crippen LogP contribution in [0.1, 0.15) is 0 Å². The van der Waals surface area contributed by atoms with Crippen LogP contribution in [0.15, 0.2) is 54.6 Å². The standard InChI is InChI=1S/C12H10O.CHN/c13-12-8-6-11(7-9-12)10-4-2-1-3-5-10;1-2/h1-9,13H;1H. The van der Waals surface area contributed by atoms with Gasteiger partial charge in [0.15, 0.2) is 0 Å². The predicted octanol–water partition coefficient (Wildman–Crippen LogP) is 3.20. The van der Waals surface area contributed by atoms with Gasteiger partial charge >= 0.3 is 0 Å². The summed E-state index contributed by atoms with van der Waals surface area (Å²) in [4.78, 5) is 0. The van der Waals surface area contributed by atoms with Crippen molar-refractivity contribution in [3.8, 4) is 23.4 Å². The van der Waals surface area contributed by atoms with Gasteiger partial charge in [0, 0.05) is 6.57 Å². The third kappa shape index (κ3) is 2.85. The smallest absolute Gasteiger partial charge is 0.115 e. The molecule has 2 rings (SSSR count). The first-order valence-electron chi connectivity index (χ1n) is 4.46. The van der Waals surface area contributed by atoms with Gasteiger partial charge in [-0.3, -0.25) is 0 Å². The molecule has 2 heteroatoms. The molecule has 0 aliphatic carbocycles. The molecular formula is C13H11NO. The van der Waals surface area contributed by atoms with Crippen LogP contribution in [0, 0.1) is 11.8 Å². The van der Waals surface area contributed by atoms with E-state index < -0.39 is 0 Å². The summed E-state index contributed by atoms with van der Waals surface area (Å²) in [6.07, 6.45) is 0. The van der Waals surface area contributed by atoms with Crippen molar-refractivity contribution in [2.24, 2.45) is 0 Å². The summed E-state index contributed by atoms with van der Waals surface area (Å²) in [5, 5.41) is 15.6. The fourth-order valence-corrected chi connectivity index (χ4v) is 1.28. The average Bonchev–Trinajstić information content (AvgIpc) is 2.34. The van der Waals surface area contributed by atoms with E-state index in [4.69, 9.17) is 10.4 Å². The molecule has 0 saturated heterocycles. The summed E-state index contributed by atoms with van der Waals surface area (Å²) < 4.78 is 0. The van der Waals surface area contributed by atoms with Crippen molar-refractivity contribution < 1.29 is 5.11 Å². The maximum absolute atomic E-state index is 9.10. The van der Waals surface area contributed by atoms with E-state index in [1.807, 2.05) is 42.5 Å². The second-order valence-electron chi connectivity index (χ2n) is 2.91. The second kappa shape index (κ2) is 5.46. The van der Waals surface area contributed by atoms with Gasteiger partial charge in [0.2, 0.25) is 0 Å². The van der Waals surface area contributed by atoms with Gasteiger partial charge in [0.1, 0.15) is 5.75 Å². The Morgan fingerprint density at radius 1 is 0.733 bits per heavy atom. The lowest BCUT2D eigenvalue weighted by molar-refractivity contribution is 0.475. The SMILES string of the molecule is C#N.Oc1ccc(-c2ccccc2)cc1. The molecule has 0 radical (unpaired) electrons. The molecule has 0 fully saturated rings. The van der Waals surface area contributed by atoms with E-state index in [1.54, 1.807) is 12.1 Å². The summed E-state index contributed by atoms with van der Waals surface area (Å²) in [5.41, 5.74) is 2.29. The predicted molar refractivity (Wildman–Crippen MR) is 60.2 cm³/mol. The van der Waals surface area contributed by atoms with Crippen LogP contribution in [0.25, 0.3) is 11.1 Å². The minimum atomic E-state index is 0.305. The van der Waals surface area contributed by atoms with E-state index in [-0.39, 0.29) is 0 Å². The highest BCUT2D eigenvalue weighted by Gasteiger charge is 1.94. The Hall–Kier alpha value is -2.27. The van der Waals surface area contributed by atoms with Crippen molar-refractivity contribution >= 4 is 0 Å². The minimum Gasteiger partial charge on any atom is -0.508 e. The van der Waals surface area contributed by atoms with Gasteiger partial charge in [-0.05, 0) is 23.3 Å². The Balaban J connectivity index is 0.000000531. The van der Waals surface area contributed by atoms with Crippen molar-refractivity contribution in [3.05, 3.63) is 54.6 Å². The molecule has 2 aromatic rings. The Morgan fingerprint density at radius 2 is 1.20 bits per heavy atom. The second-order valence-corrected chi connectivity index (χ2v) is 2.91. The van der Waals surface area contributed by atoms with Crippen LogP contribution in [0.5, 0.6) is 5.75 Å². The Bertz CT molecular complexity index is 417. The molecule has 0 unspecified atom stereocenters. The fraction of sp³-hybridized carbons (Fsp3) is 0. The van der Waals surface area contributed by atoms with E-state index in [9.17, 15) is 0 Å². The van der Waals surface area contributed by atoms with Crippen molar-refractivity contribution in [2.75, 3.05) is 0 Å². The summed E-state index contributed by atoms with van der Waals surface area (Å²) in [6, 6.07) is 17.3. The number of benzene rings is 2. The maximum atomic E-state index is 9.10. The van der Waals surface area contributed by atoms with Crippen molar-refractivity contribution in [3.63, 3.8) is 0 Å². The summed E-state index contributed by atoms with van der Waals surface area (Å²) in [7, 11) is 0. The lowest BCUT2D eigenvalue weighted by Crippen LogP contribution is -1.74. The number of aromatic hydroxyl groups is 1. The largest absolute Gasteiger partial charge is 0.508 e. The molecule has 0 amide bonds. The van der Waals surface area contributed by atoms with Crippen molar-refractivity contribution in [2.45, 2.75) is 0 Å². The van der Waals surface area contributed by atoms with E-state index in [2.05, 4.69) is 6.57 Å². The molecule has 0 aliphatic rings. The van der Waals surface area contributed by atoms with Crippen LogP contribution in [-0.2, 0) is 0 Å². The Morgan fingerprint density at radius 3 is 1.73 bits per heavy atom. The zero-order valence-corrected chi connectivity index (χ0v) is 8.17. The summed E-state index contributed by atoms with van der Waals surface area (Å²) in [5.74, 6) is 0.305. The van der Waals surface area contributed by atoms with Gasteiger partial charge in [-0.15, -0.1) is 0 Å². The van der Waals surface area contributed by atoms with Gasteiger partial charge < -0.3 is 5.11 Å². The monoisotopic (exact) mass is 197 g/mol. The zero-order valence-electron chi connectivity index (χ0n) is 8.17. The first-order chi connectivity index (χ1) is 7.36. The van der Waals surface area contributed by atoms with Gasteiger partial charge in [-0.25, -0.2) is 5.26 Å². The topological polar surface area (TPSA) is 44.0 Å². The van der Waals surface area contributed by atoms with Crippen LogP contribution >= 0.6 is 0 Å². The highest BCUT2D eigenvalue weighted by atomic mass is 16.3. The normalized spacial score (nSPS) is 8.67. The van der Waals surface area contributed by atoms with E-state index in [1.165, 1.54) is 5.56 Å². The Kier molecular flexibility index (Phi) is 3.93. The molecule has 2 nitrogen and oxygen atoms in total. The minimum absolute atomic E-state index is 0.305. The molecule has 0 spiro atoms. The fourth-order valence-electron chi connectivity index (χ4n) is 1.28. The molecule has 0 bridgehead atoms. The molecule has 2 aromatic carbocycles. The van der Waals surface area contributed by atoms with Crippen LogP contribution in [-0.4, -0.2) is 5.11 Å². The Labute approximate surface area is 89.0 Å². The van der Waals surface area contributed by atoms with Gasteiger partial charge in [-0.1, -0.05) is 42.5 Å². The third-order valence-electron chi connectivity index (χ3n) is 1.97. The van der Waals surface area contributed by atoms with Gasteiger partial charge in [-0.2, -0.15) is 0 Å². The summed E-state index contributed by atoms with van der Waals surface area (Å²) >= 11 is 0. The molecule has 0 heterocycles. The van der Waals surface area contributed by atoms with E-state index in [0.717, 1.165) is 5.56 Å². The van der Waals surface area contributed by atoms with Crippen molar-refractivity contribution in [1.82, 2.24) is 0 Å². The number of hydrogen-bond donors (Lipinski definition) is 1. The number of nitrogens with zero attached hydrogens (tertiary/aromatic N) is 1. The summed E-state index contributed by atoms with van der Waals surface area (Å²) in [6.45, 7) is 3.50. The highest BCUT2D eigenvalue weighted by Crippen LogP contribution is 2.20. The number of phenols is 1. The lowest BCUT2D eigenvalue weighted by Gasteiger charge is -2.00. The molecule has 74 valence electrons. The first kappa shape index (κ1) is 10.8. The number of hydrogen-bond acceptors (Lipinski definition) is 2. The zero-order chi connectivity index (χ0) is 11.1. The van der Waals surface area contributed by atoms with Crippen LogP contribution < -0.4 is 0 Å². The van der Waals surface area contributed by atoms with Crippen molar-refractivity contribution in [1.29, 1.82) is 5.26 Å². The third-order valence-corrected chi connectivity index (χ3v) is 1.97. The molecule has 0 aromatic heterocycles. The molecule has 0 aliphatic heterocycles. The molecular weight excluding hydrogens is 186 g/mol. The molecule has 1 N–H and O–H groups in total. The number of rotatable bonds is 1. The number of phenolic OH excluding ortho intramolecular Hbond substituents is 1. The quantitative estimate of drug-likeness (QED) is 0.762. The van der Waals surface area contributed by atoms with Crippen LogP contribution in [0.2, 0.25) is 0 Å². The first-order valence-corrected chi connectivity index (χ1v) is 4.46. The number of nitriles is 1. The lowest BCUT2D eigenvalue weighted by atomic mass is 10.1. The van der Waals surface area contributed by atoms with E-state index in [0.29, 0.717) is 5.75 Å². The molecule has 0 atom stereocenters. The molecule has 15 heavy (non-hydrogen) atoms. The van der Waals surface area contributed by atoms with Gasteiger partial charge in [0.05, 0.1) is 0 Å². The molecule has 0 saturated carbocycles. The highest BCUT2D eigenvalue weighted by molar-refractivity contribution is 5.63.